The predicted molar refractivity (Wildman–Crippen MR) is 111 cm³/mol. The monoisotopic (exact) mass is 387 g/mol. The van der Waals surface area contributed by atoms with Crippen molar-refractivity contribution in [1.29, 1.82) is 5.26 Å². The Bertz CT molecular complexity index is 1070. The van der Waals surface area contributed by atoms with E-state index >= 15 is 0 Å². The summed E-state index contributed by atoms with van der Waals surface area (Å²) in [6.45, 7) is 2.78. The summed E-state index contributed by atoms with van der Waals surface area (Å²) in [5, 5.41) is 11.8. The molecule has 0 bridgehead atoms. The number of fused-ring (bicyclic) bond motifs is 1. The second-order valence-corrected chi connectivity index (χ2v) is 6.78. The van der Waals surface area contributed by atoms with Gasteiger partial charge in [-0.15, -0.1) is 0 Å². The Hall–Kier alpha value is -3.73. The number of nitrogens with zero attached hydrogens (tertiary/aromatic N) is 6. The smallest absolute Gasteiger partial charge is 0.236 e. The van der Waals surface area contributed by atoms with Crippen molar-refractivity contribution in [2.75, 3.05) is 43.4 Å². The number of hydrogen-bond acceptors (Lipinski definition) is 7. The van der Waals surface area contributed by atoms with Gasteiger partial charge in [0.2, 0.25) is 5.91 Å². The molecule has 0 radical (unpaired) electrons. The third-order valence-electron chi connectivity index (χ3n) is 5.08. The zero-order chi connectivity index (χ0) is 20.2. The molecule has 1 aliphatic heterocycles. The van der Waals surface area contributed by atoms with Crippen molar-refractivity contribution in [3.63, 3.8) is 0 Å². The first-order valence-corrected chi connectivity index (χ1v) is 9.49. The number of hydrogen-bond donors (Lipinski definition) is 1. The van der Waals surface area contributed by atoms with Crippen LogP contribution < -0.4 is 10.2 Å². The summed E-state index contributed by atoms with van der Waals surface area (Å²) in [6.07, 6.45) is 3.29. The van der Waals surface area contributed by atoms with Crippen LogP contribution in [0.4, 0.5) is 11.5 Å². The van der Waals surface area contributed by atoms with Gasteiger partial charge in [-0.1, -0.05) is 12.1 Å². The van der Waals surface area contributed by atoms with E-state index in [2.05, 4.69) is 37.3 Å². The number of rotatable bonds is 4. The van der Waals surface area contributed by atoms with Gasteiger partial charge in [0, 0.05) is 56.9 Å². The molecule has 0 aliphatic carbocycles. The number of nitrogens with one attached hydrogen (secondary N) is 1. The normalized spacial score (nSPS) is 13.9. The van der Waals surface area contributed by atoms with Crippen molar-refractivity contribution in [3.05, 3.63) is 42.7 Å². The molecule has 8 heteroatoms. The maximum atomic E-state index is 11.9. The first kappa shape index (κ1) is 18.6. The van der Waals surface area contributed by atoms with E-state index in [1.807, 2.05) is 31.3 Å². The average Bonchev–Trinajstić information content (AvgIpc) is 2.78. The fourth-order valence-corrected chi connectivity index (χ4v) is 3.53. The van der Waals surface area contributed by atoms with Crippen molar-refractivity contribution in [2.24, 2.45) is 0 Å². The second kappa shape index (κ2) is 8.10. The zero-order valence-corrected chi connectivity index (χ0v) is 16.2. The lowest BCUT2D eigenvalue weighted by Gasteiger charge is -2.35. The molecule has 29 heavy (non-hydrogen) atoms. The first-order valence-electron chi connectivity index (χ1n) is 9.49. The molecule has 0 unspecified atom stereocenters. The van der Waals surface area contributed by atoms with Gasteiger partial charge in [-0.25, -0.2) is 9.97 Å². The Morgan fingerprint density at radius 2 is 1.86 bits per heavy atom. The van der Waals surface area contributed by atoms with Gasteiger partial charge in [-0.3, -0.25) is 9.78 Å². The number of aromatic nitrogens is 3. The third kappa shape index (κ3) is 3.80. The van der Waals surface area contributed by atoms with Gasteiger partial charge in [-0.2, -0.15) is 5.26 Å². The van der Waals surface area contributed by atoms with E-state index in [9.17, 15) is 4.79 Å². The lowest BCUT2D eigenvalue weighted by Crippen LogP contribution is -2.48. The molecule has 1 fully saturated rings. The highest BCUT2D eigenvalue weighted by Crippen LogP contribution is 2.27. The average molecular weight is 387 g/mol. The molecule has 0 spiro atoms. The summed E-state index contributed by atoms with van der Waals surface area (Å²) in [5.74, 6) is 0.612. The Labute approximate surface area is 168 Å². The van der Waals surface area contributed by atoms with Crippen LogP contribution in [-0.4, -0.2) is 59.0 Å². The molecule has 1 N–H and O–H groups in total. The maximum Gasteiger partial charge on any atom is 0.236 e. The molecule has 1 aliphatic rings. The van der Waals surface area contributed by atoms with E-state index in [0.717, 1.165) is 41.1 Å². The first-order chi connectivity index (χ1) is 14.2. The van der Waals surface area contributed by atoms with Gasteiger partial charge >= 0.3 is 0 Å². The van der Waals surface area contributed by atoms with Crippen LogP contribution in [0.1, 0.15) is 6.42 Å². The maximum absolute atomic E-state index is 11.9. The van der Waals surface area contributed by atoms with E-state index in [1.165, 1.54) is 0 Å². The van der Waals surface area contributed by atoms with Crippen LogP contribution in [0.15, 0.2) is 42.7 Å². The predicted octanol–water partition coefficient (Wildman–Crippen LogP) is 2.30. The zero-order valence-electron chi connectivity index (χ0n) is 16.2. The highest BCUT2D eigenvalue weighted by atomic mass is 16.2. The number of pyridine rings is 1. The van der Waals surface area contributed by atoms with Crippen LogP contribution in [0, 0.1) is 11.3 Å². The molecule has 2 aromatic heterocycles. The molecule has 4 rings (SSSR count). The number of nitriles is 1. The standard InChI is InChI=1S/C21H21N7O/c1-23-21-20-18(24-8-9-25-20)14-17(26-21)15-2-4-16(5-3-15)27-10-12-28(13-11-27)19(29)6-7-22/h2-5,8-9,14H,6,10-13H2,1H3,(H,23,26). The summed E-state index contributed by atoms with van der Waals surface area (Å²) >= 11 is 0. The quantitative estimate of drug-likeness (QED) is 0.733. The Morgan fingerprint density at radius 3 is 2.55 bits per heavy atom. The number of piperazine rings is 1. The summed E-state index contributed by atoms with van der Waals surface area (Å²) in [4.78, 5) is 29.3. The van der Waals surface area contributed by atoms with Crippen LogP contribution >= 0.6 is 0 Å². The van der Waals surface area contributed by atoms with Gasteiger partial charge in [0.25, 0.3) is 0 Å². The number of amides is 1. The Balaban J connectivity index is 1.51. The van der Waals surface area contributed by atoms with Crippen LogP contribution in [0.25, 0.3) is 22.3 Å². The van der Waals surface area contributed by atoms with Crippen LogP contribution in [0.2, 0.25) is 0 Å². The summed E-state index contributed by atoms with van der Waals surface area (Å²) in [5.41, 5.74) is 4.49. The lowest BCUT2D eigenvalue weighted by atomic mass is 10.1. The molecule has 3 aromatic rings. The lowest BCUT2D eigenvalue weighted by molar-refractivity contribution is -0.130. The van der Waals surface area contributed by atoms with E-state index in [-0.39, 0.29) is 12.3 Å². The van der Waals surface area contributed by atoms with Gasteiger partial charge < -0.3 is 15.1 Å². The fourth-order valence-electron chi connectivity index (χ4n) is 3.53. The van der Waals surface area contributed by atoms with Crippen LogP contribution in [0.3, 0.4) is 0 Å². The van der Waals surface area contributed by atoms with Crippen molar-refractivity contribution >= 4 is 28.4 Å². The molecule has 0 atom stereocenters. The van der Waals surface area contributed by atoms with Crippen molar-refractivity contribution in [3.8, 4) is 17.3 Å². The van der Waals surface area contributed by atoms with E-state index in [0.29, 0.717) is 18.9 Å². The molecule has 1 aromatic carbocycles. The summed E-state index contributed by atoms with van der Waals surface area (Å²) in [7, 11) is 1.82. The van der Waals surface area contributed by atoms with E-state index in [4.69, 9.17) is 5.26 Å². The molecule has 8 nitrogen and oxygen atoms in total. The Morgan fingerprint density at radius 1 is 1.14 bits per heavy atom. The molecular formula is C21H21N7O. The van der Waals surface area contributed by atoms with Crippen molar-refractivity contribution < 1.29 is 4.79 Å². The SMILES string of the molecule is CNc1nc(-c2ccc(N3CCN(C(=O)CC#N)CC3)cc2)cc2nccnc12. The largest absolute Gasteiger partial charge is 0.371 e. The number of anilines is 2. The number of carbonyl (C=O) groups excluding carboxylic acids is 1. The van der Waals surface area contributed by atoms with Crippen molar-refractivity contribution in [2.45, 2.75) is 6.42 Å². The van der Waals surface area contributed by atoms with E-state index in [1.54, 1.807) is 17.3 Å². The van der Waals surface area contributed by atoms with Crippen LogP contribution in [-0.2, 0) is 4.79 Å². The van der Waals surface area contributed by atoms with Crippen molar-refractivity contribution in [1.82, 2.24) is 19.9 Å². The fraction of sp³-hybridized carbons (Fsp3) is 0.286. The highest BCUT2D eigenvalue weighted by molar-refractivity contribution is 5.88. The molecular weight excluding hydrogens is 366 g/mol. The Kier molecular flexibility index (Phi) is 5.20. The number of benzene rings is 1. The molecule has 1 amide bonds. The van der Waals surface area contributed by atoms with Gasteiger partial charge in [0.1, 0.15) is 11.9 Å². The summed E-state index contributed by atoms with van der Waals surface area (Å²) < 4.78 is 0. The molecule has 3 heterocycles. The second-order valence-electron chi connectivity index (χ2n) is 6.78. The third-order valence-corrected chi connectivity index (χ3v) is 5.08. The summed E-state index contributed by atoms with van der Waals surface area (Å²) in [6, 6.07) is 12.1. The van der Waals surface area contributed by atoms with Gasteiger partial charge in [0.05, 0.1) is 17.3 Å². The highest BCUT2D eigenvalue weighted by Gasteiger charge is 2.21. The number of carbonyl (C=O) groups is 1. The molecule has 1 saturated heterocycles. The minimum atomic E-state index is -0.0895. The topological polar surface area (TPSA) is 98.0 Å². The van der Waals surface area contributed by atoms with Gasteiger partial charge in [-0.05, 0) is 18.2 Å². The van der Waals surface area contributed by atoms with Crippen LogP contribution in [0.5, 0.6) is 0 Å². The molecule has 0 saturated carbocycles. The minimum absolute atomic E-state index is 0.0492. The molecule has 146 valence electrons. The van der Waals surface area contributed by atoms with E-state index < -0.39 is 0 Å². The minimum Gasteiger partial charge on any atom is -0.371 e. The van der Waals surface area contributed by atoms with Gasteiger partial charge in [0.15, 0.2) is 5.82 Å².